The maximum absolute atomic E-state index is 14.1. The number of likely N-dealkylation sites (N-methyl/N-ethyl adjacent to an activating group) is 1. The predicted octanol–water partition coefficient (Wildman–Crippen LogP) is 1.91. The van der Waals surface area contributed by atoms with Crippen molar-refractivity contribution in [2.45, 2.75) is 63.3 Å². The van der Waals surface area contributed by atoms with E-state index < -0.39 is 38.1 Å². The number of anilines is 1. The summed E-state index contributed by atoms with van der Waals surface area (Å²) in [5.74, 6) is -0.501. The lowest BCUT2D eigenvalue weighted by Crippen LogP contribution is -2.47. The number of carbonyl (C=O) groups excluding carboxylic acids is 1. The molecule has 1 aromatic carbocycles. The first-order chi connectivity index (χ1) is 19.6. The maximum atomic E-state index is 14.1. The zero-order valence-corrected chi connectivity index (χ0v) is 26.7. The Morgan fingerprint density at radius 3 is 2.55 bits per heavy atom. The fraction of sp³-hybridized carbons (Fsp3) is 0.630. The lowest BCUT2D eigenvalue weighted by molar-refractivity contribution is -0.00828. The summed E-state index contributed by atoms with van der Waals surface area (Å²) in [5, 5.41) is 9.89. The van der Waals surface area contributed by atoms with Gasteiger partial charge in [-0.2, -0.15) is 8.42 Å². The molecule has 2 heterocycles. The van der Waals surface area contributed by atoms with Crippen LogP contribution in [0, 0.1) is 5.92 Å². The molecule has 4 atom stereocenters. The minimum absolute atomic E-state index is 0.102. The summed E-state index contributed by atoms with van der Waals surface area (Å²) in [6.07, 6.45) is 5.27. The van der Waals surface area contributed by atoms with Gasteiger partial charge in [0.05, 0.1) is 43.0 Å². The Morgan fingerprint density at radius 1 is 1.21 bits per heavy atom. The van der Waals surface area contributed by atoms with E-state index in [4.69, 9.17) is 9.47 Å². The summed E-state index contributed by atoms with van der Waals surface area (Å²) in [5.41, 5.74) is 0.268. The number of carbonyl (C=O) groups is 1. The van der Waals surface area contributed by atoms with E-state index in [1.54, 1.807) is 20.0 Å². The van der Waals surface area contributed by atoms with Crippen LogP contribution in [0.2, 0.25) is 0 Å². The smallest absolute Gasteiger partial charge is 0.280 e. The van der Waals surface area contributed by atoms with Gasteiger partial charge in [-0.3, -0.25) is 9.52 Å². The number of benzene rings is 1. The van der Waals surface area contributed by atoms with E-state index >= 15 is 0 Å². The van der Waals surface area contributed by atoms with Gasteiger partial charge in [0, 0.05) is 51.6 Å². The molecule has 0 radical (unpaired) electrons. The largest absolute Gasteiger partial charge is 0.490 e. The lowest BCUT2D eigenvalue weighted by Gasteiger charge is -2.35. The normalized spacial score (nSPS) is 22.2. The highest BCUT2D eigenvalue weighted by molar-refractivity contribution is 7.92. The number of nitrogens with zero attached hydrogens (tertiary/aromatic N) is 4. The second-order valence-corrected chi connectivity index (χ2v) is 14.8. The van der Waals surface area contributed by atoms with E-state index in [9.17, 15) is 26.7 Å². The number of fused-ring (bicyclic) bond motifs is 1. The highest BCUT2D eigenvalue weighted by Crippen LogP contribution is 2.29. The Labute approximate surface area is 248 Å². The molecule has 0 bridgehead atoms. The standard InChI is InChI=1S/C27H43N5O8S2/c1-19-14-32(20(2)17-33)27(34)23-13-22(29-42(37,38)26-16-30(4)18-28-26)10-11-24(23)40-21(3)9-7-8-12-39-25(19)15-31(5)41(6,35)36/h10-11,13,16,18-21,25,29,33H,7-9,12,14-15,17H2,1-6H3/t19-,20-,21-,25+/m0/s1. The number of hydrogen-bond donors (Lipinski definition) is 2. The summed E-state index contributed by atoms with van der Waals surface area (Å²) in [6.45, 7) is 5.79. The fourth-order valence-electron chi connectivity index (χ4n) is 4.57. The van der Waals surface area contributed by atoms with Crippen LogP contribution in [0.15, 0.2) is 35.7 Å². The predicted molar refractivity (Wildman–Crippen MR) is 158 cm³/mol. The molecule has 0 spiro atoms. The second-order valence-electron chi connectivity index (χ2n) is 11.0. The van der Waals surface area contributed by atoms with E-state index in [-0.39, 0.29) is 53.7 Å². The summed E-state index contributed by atoms with van der Waals surface area (Å²) < 4.78 is 67.7. The van der Waals surface area contributed by atoms with Gasteiger partial charge in [0.25, 0.3) is 15.9 Å². The third-order valence-electron chi connectivity index (χ3n) is 7.26. The van der Waals surface area contributed by atoms with Crippen molar-refractivity contribution < 1.29 is 36.2 Å². The average molecular weight is 630 g/mol. The van der Waals surface area contributed by atoms with Gasteiger partial charge in [0.1, 0.15) is 5.75 Å². The van der Waals surface area contributed by atoms with Crippen LogP contribution >= 0.6 is 0 Å². The molecular formula is C27H43N5O8S2. The van der Waals surface area contributed by atoms with Crippen molar-refractivity contribution in [1.29, 1.82) is 0 Å². The second kappa shape index (κ2) is 14.2. The molecule has 1 aliphatic heterocycles. The molecule has 2 N–H and O–H groups in total. The molecule has 1 aliphatic rings. The SMILES string of the molecule is C[C@H]1CCCCO[C@H](CN(C)S(C)(=O)=O)[C@@H](C)CN([C@@H](C)CO)C(=O)c2cc(NS(=O)(=O)c3cn(C)cn3)ccc2O1. The van der Waals surface area contributed by atoms with E-state index in [0.29, 0.717) is 13.0 Å². The van der Waals surface area contributed by atoms with Crippen LogP contribution in [0.25, 0.3) is 0 Å². The van der Waals surface area contributed by atoms with Crippen molar-refractivity contribution in [3.8, 4) is 5.75 Å². The number of ether oxygens (including phenoxy) is 2. The van der Waals surface area contributed by atoms with Gasteiger partial charge in [-0.1, -0.05) is 6.92 Å². The van der Waals surface area contributed by atoms with Crippen LogP contribution in [-0.4, -0.2) is 104 Å². The van der Waals surface area contributed by atoms with E-state index in [1.807, 2.05) is 13.8 Å². The first kappa shape index (κ1) is 33.8. The highest BCUT2D eigenvalue weighted by atomic mass is 32.2. The number of hydrogen-bond acceptors (Lipinski definition) is 9. The van der Waals surface area contributed by atoms with Crippen LogP contribution in [0.3, 0.4) is 0 Å². The summed E-state index contributed by atoms with van der Waals surface area (Å²) >= 11 is 0. The lowest BCUT2D eigenvalue weighted by atomic mass is 10.0. The molecule has 2 aromatic rings. The van der Waals surface area contributed by atoms with Gasteiger partial charge in [0.15, 0.2) is 5.03 Å². The fourth-order valence-corrected chi connectivity index (χ4v) is 6.02. The number of aliphatic hydroxyl groups is 1. The highest BCUT2D eigenvalue weighted by Gasteiger charge is 2.31. The Morgan fingerprint density at radius 2 is 1.93 bits per heavy atom. The number of rotatable bonds is 8. The van der Waals surface area contributed by atoms with Crippen molar-refractivity contribution >= 4 is 31.6 Å². The molecule has 1 amide bonds. The van der Waals surface area contributed by atoms with Crippen LogP contribution in [0.4, 0.5) is 5.69 Å². The minimum Gasteiger partial charge on any atom is -0.490 e. The Bertz CT molecular complexity index is 1430. The van der Waals surface area contributed by atoms with Crippen molar-refractivity contribution in [2.75, 3.05) is 44.3 Å². The van der Waals surface area contributed by atoms with Crippen molar-refractivity contribution in [3.05, 3.63) is 36.3 Å². The quantitative estimate of drug-likeness (QED) is 0.445. The molecule has 15 heteroatoms. The number of aliphatic hydroxyl groups excluding tert-OH is 1. The third-order valence-corrected chi connectivity index (χ3v) is 9.81. The third kappa shape index (κ3) is 8.89. The van der Waals surface area contributed by atoms with Crippen LogP contribution in [0.1, 0.15) is 50.4 Å². The molecule has 0 aliphatic carbocycles. The van der Waals surface area contributed by atoms with Gasteiger partial charge in [-0.25, -0.2) is 17.7 Å². The molecule has 42 heavy (non-hydrogen) atoms. The molecular weight excluding hydrogens is 586 g/mol. The zero-order valence-electron chi connectivity index (χ0n) is 25.1. The van der Waals surface area contributed by atoms with Crippen molar-refractivity contribution in [1.82, 2.24) is 18.8 Å². The van der Waals surface area contributed by atoms with Crippen LogP contribution < -0.4 is 9.46 Å². The van der Waals surface area contributed by atoms with Gasteiger partial charge in [-0.15, -0.1) is 0 Å². The molecule has 13 nitrogen and oxygen atoms in total. The van der Waals surface area contributed by atoms with Gasteiger partial charge in [0.2, 0.25) is 10.0 Å². The van der Waals surface area contributed by atoms with Crippen LogP contribution in [0.5, 0.6) is 5.75 Å². The minimum atomic E-state index is -4.03. The summed E-state index contributed by atoms with van der Waals surface area (Å²) in [6, 6.07) is 3.89. The maximum Gasteiger partial charge on any atom is 0.280 e. The van der Waals surface area contributed by atoms with Gasteiger partial charge in [-0.05, 0) is 51.3 Å². The molecule has 0 fully saturated rings. The number of aryl methyl sites for hydroxylation is 1. The number of sulfonamides is 2. The molecule has 1 aromatic heterocycles. The Hall–Kier alpha value is -2.72. The number of aromatic nitrogens is 2. The van der Waals surface area contributed by atoms with E-state index in [0.717, 1.165) is 19.1 Å². The number of imidazole rings is 1. The number of amides is 1. The molecule has 0 unspecified atom stereocenters. The first-order valence-corrected chi connectivity index (χ1v) is 17.2. The molecule has 3 rings (SSSR count). The van der Waals surface area contributed by atoms with Gasteiger partial charge >= 0.3 is 0 Å². The molecule has 0 saturated carbocycles. The molecule has 236 valence electrons. The average Bonchev–Trinajstić information content (AvgIpc) is 3.36. The van der Waals surface area contributed by atoms with Crippen molar-refractivity contribution in [3.63, 3.8) is 0 Å². The summed E-state index contributed by atoms with van der Waals surface area (Å²) in [4.78, 5) is 19.5. The summed E-state index contributed by atoms with van der Waals surface area (Å²) in [7, 11) is -4.35. The Kier molecular flexibility index (Phi) is 11.4. The van der Waals surface area contributed by atoms with Crippen LogP contribution in [-0.2, 0) is 31.8 Å². The molecule has 0 saturated heterocycles. The topological polar surface area (TPSA) is 160 Å². The van der Waals surface area contributed by atoms with Crippen molar-refractivity contribution in [2.24, 2.45) is 13.0 Å². The van der Waals surface area contributed by atoms with E-state index in [2.05, 4.69) is 9.71 Å². The number of nitrogens with one attached hydrogen (secondary N) is 1. The van der Waals surface area contributed by atoms with E-state index in [1.165, 1.54) is 45.5 Å². The zero-order chi connectivity index (χ0) is 31.2. The van der Waals surface area contributed by atoms with Gasteiger partial charge < -0.3 is 24.0 Å². The Balaban J connectivity index is 2.02. The first-order valence-electron chi connectivity index (χ1n) is 13.9. The monoisotopic (exact) mass is 629 g/mol.